The van der Waals surface area contributed by atoms with E-state index in [2.05, 4.69) is 5.73 Å². The summed E-state index contributed by atoms with van der Waals surface area (Å²) in [4.78, 5) is 10.7. The highest BCUT2D eigenvalue weighted by molar-refractivity contribution is 5.84. The van der Waals surface area contributed by atoms with Crippen LogP contribution in [0.15, 0.2) is 36.4 Å². The van der Waals surface area contributed by atoms with Gasteiger partial charge in [0.1, 0.15) is 5.75 Å². The van der Waals surface area contributed by atoms with Crippen molar-refractivity contribution in [3.63, 3.8) is 0 Å². The van der Waals surface area contributed by atoms with Crippen LogP contribution >= 0.6 is 0 Å². The summed E-state index contributed by atoms with van der Waals surface area (Å²) in [5, 5.41) is 20.0. The first kappa shape index (κ1) is 11.4. The van der Waals surface area contributed by atoms with Crippen LogP contribution in [0.25, 0.3) is 10.8 Å². The molecule has 0 aliphatic heterocycles. The van der Waals surface area contributed by atoms with Crippen LogP contribution in [0.5, 0.6) is 5.75 Å². The topological polar surface area (TPSA) is 85.2 Å². The molecule has 1 atom stereocenters. The van der Waals surface area contributed by atoms with Gasteiger partial charge in [-0.3, -0.25) is 0 Å². The molecule has 0 aromatic heterocycles. The Morgan fingerprint density at radius 1 is 1.18 bits per heavy atom. The number of phenolic OH excluding ortho intramolecular Hbond substituents is 1. The van der Waals surface area contributed by atoms with Gasteiger partial charge in [-0.1, -0.05) is 24.3 Å². The summed E-state index contributed by atoms with van der Waals surface area (Å²) in [6, 6.07) is 10.1. The molecule has 0 saturated heterocycles. The van der Waals surface area contributed by atoms with Crippen molar-refractivity contribution in [2.45, 2.75) is 12.5 Å². The van der Waals surface area contributed by atoms with E-state index in [4.69, 9.17) is 5.11 Å². The average Bonchev–Trinajstić information content (AvgIpc) is 2.29. The number of aliphatic carboxylic acids is 1. The molecule has 2 aromatic carbocycles. The van der Waals surface area contributed by atoms with Gasteiger partial charge in [0.2, 0.25) is 0 Å². The highest BCUT2D eigenvalue weighted by Crippen LogP contribution is 2.21. The number of phenols is 1. The first-order valence-electron chi connectivity index (χ1n) is 5.34. The van der Waals surface area contributed by atoms with Crippen molar-refractivity contribution in [3.8, 4) is 5.75 Å². The Balaban J connectivity index is 2.32. The number of carboxylic acids is 1. The van der Waals surface area contributed by atoms with Crippen molar-refractivity contribution in [3.05, 3.63) is 42.0 Å². The number of hydrogen-bond acceptors (Lipinski definition) is 2. The van der Waals surface area contributed by atoms with Gasteiger partial charge in [-0.05, 0) is 28.5 Å². The molecule has 5 N–H and O–H groups in total. The van der Waals surface area contributed by atoms with Gasteiger partial charge in [0, 0.05) is 6.42 Å². The molecule has 0 fully saturated rings. The molecule has 0 bridgehead atoms. The van der Waals surface area contributed by atoms with Crippen LogP contribution in [-0.2, 0) is 11.2 Å². The van der Waals surface area contributed by atoms with E-state index in [1.165, 1.54) is 0 Å². The molecular formula is C13H14NO3+. The van der Waals surface area contributed by atoms with E-state index in [9.17, 15) is 9.90 Å². The molecule has 4 nitrogen and oxygen atoms in total. The van der Waals surface area contributed by atoms with E-state index < -0.39 is 12.0 Å². The Kier molecular flexibility index (Phi) is 2.97. The molecule has 0 amide bonds. The Hall–Kier alpha value is -2.07. The molecule has 1 unspecified atom stereocenters. The molecule has 0 radical (unpaired) electrons. The third-order valence-corrected chi connectivity index (χ3v) is 2.72. The van der Waals surface area contributed by atoms with Crippen LogP contribution in [0.4, 0.5) is 0 Å². The Bertz CT molecular complexity index is 566. The molecule has 2 rings (SSSR count). The lowest BCUT2D eigenvalue weighted by molar-refractivity contribution is -0.407. The van der Waals surface area contributed by atoms with Crippen LogP contribution in [0.3, 0.4) is 0 Å². The maximum atomic E-state index is 10.7. The van der Waals surface area contributed by atoms with Crippen molar-refractivity contribution < 1.29 is 20.7 Å². The van der Waals surface area contributed by atoms with E-state index in [-0.39, 0.29) is 5.75 Å². The number of hydrogen-bond donors (Lipinski definition) is 3. The van der Waals surface area contributed by atoms with Gasteiger partial charge in [0.15, 0.2) is 6.04 Å². The van der Waals surface area contributed by atoms with E-state index in [1.807, 2.05) is 24.3 Å². The standard InChI is InChI=1S/C13H13NO3/c14-12(13(16)17)6-8-1-2-10-7-11(15)4-3-9(10)5-8/h1-5,7,12,15H,6,14H2,(H,16,17)/p+1. The summed E-state index contributed by atoms with van der Waals surface area (Å²) in [7, 11) is 0. The lowest BCUT2D eigenvalue weighted by Gasteiger charge is -2.05. The number of carbonyl (C=O) groups is 1. The van der Waals surface area contributed by atoms with Gasteiger partial charge < -0.3 is 15.9 Å². The summed E-state index contributed by atoms with van der Waals surface area (Å²) in [6.45, 7) is 0. The monoisotopic (exact) mass is 232 g/mol. The van der Waals surface area contributed by atoms with Crippen LogP contribution < -0.4 is 5.73 Å². The number of aromatic hydroxyl groups is 1. The first-order valence-corrected chi connectivity index (χ1v) is 5.34. The van der Waals surface area contributed by atoms with E-state index in [0.717, 1.165) is 16.3 Å². The summed E-state index contributed by atoms with van der Waals surface area (Å²) in [5.74, 6) is -0.665. The van der Waals surface area contributed by atoms with Crippen molar-refractivity contribution >= 4 is 16.7 Å². The highest BCUT2D eigenvalue weighted by Gasteiger charge is 2.15. The minimum Gasteiger partial charge on any atom is -0.508 e. The van der Waals surface area contributed by atoms with Crippen LogP contribution in [-0.4, -0.2) is 22.2 Å². The van der Waals surface area contributed by atoms with Crippen LogP contribution in [0.1, 0.15) is 5.56 Å². The van der Waals surface area contributed by atoms with Crippen LogP contribution in [0, 0.1) is 0 Å². The Labute approximate surface area is 98.3 Å². The largest absolute Gasteiger partial charge is 0.508 e. The second-order valence-corrected chi connectivity index (χ2v) is 4.11. The molecule has 0 saturated carbocycles. The van der Waals surface area contributed by atoms with E-state index in [1.54, 1.807) is 12.1 Å². The zero-order chi connectivity index (χ0) is 12.4. The van der Waals surface area contributed by atoms with Crippen molar-refractivity contribution in [2.75, 3.05) is 0 Å². The van der Waals surface area contributed by atoms with Gasteiger partial charge in [0.05, 0.1) is 0 Å². The molecular weight excluding hydrogens is 218 g/mol. The molecule has 0 heterocycles. The number of benzene rings is 2. The van der Waals surface area contributed by atoms with Crippen LogP contribution in [0.2, 0.25) is 0 Å². The quantitative estimate of drug-likeness (QED) is 0.731. The second kappa shape index (κ2) is 4.43. The molecule has 0 spiro atoms. The van der Waals surface area contributed by atoms with Gasteiger partial charge in [-0.25, -0.2) is 4.79 Å². The molecule has 17 heavy (non-hydrogen) atoms. The Morgan fingerprint density at radius 2 is 1.82 bits per heavy atom. The molecule has 2 aromatic rings. The third kappa shape index (κ3) is 2.54. The summed E-state index contributed by atoms with van der Waals surface area (Å²) >= 11 is 0. The maximum absolute atomic E-state index is 10.7. The first-order chi connectivity index (χ1) is 8.06. The lowest BCUT2D eigenvalue weighted by Crippen LogP contribution is -2.65. The summed E-state index contributed by atoms with van der Waals surface area (Å²) in [6.07, 6.45) is 0.409. The van der Waals surface area contributed by atoms with Gasteiger partial charge in [-0.2, -0.15) is 0 Å². The predicted molar refractivity (Wildman–Crippen MR) is 63.6 cm³/mol. The van der Waals surface area contributed by atoms with Gasteiger partial charge >= 0.3 is 5.97 Å². The normalized spacial score (nSPS) is 12.5. The fraction of sp³-hybridized carbons (Fsp3) is 0.154. The van der Waals surface area contributed by atoms with Crippen molar-refractivity contribution in [1.82, 2.24) is 0 Å². The minimum absolute atomic E-state index is 0.228. The second-order valence-electron chi connectivity index (χ2n) is 4.11. The number of carboxylic acid groups (broad SMARTS) is 1. The smallest absolute Gasteiger partial charge is 0.362 e. The molecule has 88 valence electrons. The van der Waals surface area contributed by atoms with Gasteiger partial charge in [-0.15, -0.1) is 0 Å². The molecule has 0 aliphatic rings. The minimum atomic E-state index is -0.893. The average molecular weight is 232 g/mol. The molecule has 0 aliphatic carbocycles. The highest BCUT2D eigenvalue weighted by atomic mass is 16.4. The third-order valence-electron chi connectivity index (χ3n) is 2.72. The van der Waals surface area contributed by atoms with E-state index >= 15 is 0 Å². The number of fused-ring (bicyclic) bond motifs is 1. The maximum Gasteiger partial charge on any atom is 0.362 e. The van der Waals surface area contributed by atoms with Crippen molar-refractivity contribution in [1.29, 1.82) is 0 Å². The van der Waals surface area contributed by atoms with Crippen molar-refractivity contribution in [2.24, 2.45) is 0 Å². The molecule has 4 heteroatoms. The summed E-state index contributed by atoms with van der Waals surface area (Å²) < 4.78 is 0. The zero-order valence-electron chi connectivity index (χ0n) is 9.26. The fourth-order valence-corrected chi connectivity index (χ4v) is 1.78. The zero-order valence-corrected chi connectivity index (χ0v) is 9.26. The number of quaternary nitrogens is 1. The van der Waals surface area contributed by atoms with Gasteiger partial charge in [0.25, 0.3) is 0 Å². The Morgan fingerprint density at radius 3 is 2.53 bits per heavy atom. The summed E-state index contributed by atoms with van der Waals surface area (Å²) in [5.41, 5.74) is 4.52. The number of rotatable bonds is 3. The lowest BCUT2D eigenvalue weighted by atomic mass is 10.0. The predicted octanol–water partition coefficient (Wildman–Crippen LogP) is 0.783. The van der Waals surface area contributed by atoms with E-state index in [0.29, 0.717) is 6.42 Å². The fourth-order valence-electron chi connectivity index (χ4n) is 1.78. The SMILES string of the molecule is [NH3+]C(Cc1ccc2cc(O)ccc2c1)C(=O)O.